The number of nitrogens with one attached hydrogen (secondary N) is 2. The minimum atomic E-state index is -2.89. The van der Waals surface area contributed by atoms with Gasteiger partial charge in [-0.3, -0.25) is 4.99 Å². The van der Waals surface area contributed by atoms with Crippen molar-refractivity contribution in [2.45, 2.75) is 57.2 Å². The molecule has 1 unspecified atom stereocenters. The number of benzene rings is 1. The zero-order valence-corrected chi connectivity index (χ0v) is 19.0. The number of hydrogen-bond acceptors (Lipinski definition) is 4. The maximum absolute atomic E-state index is 11.6. The fraction of sp³-hybridized carbons (Fsp3) is 0.632. The summed E-state index contributed by atoms with van der Waals surface area (Å²) in [5, 5.41) is 6.44. The third-order valence-corrected chi connectivity index (χ3v) is 6.80. The zero-order valence-electron chi connectivity index (χ0n) is 15.8. The molecule has 0 radical (unpaired) electrons. The average Bonchev–Trinajstić information content (AvgIpc) is 2.99. The van der Waals surface area contributed by atoms with Crippen LogP contribution in [0.15, 0.2) is 29.3 Å². The highest BCUT2D eigenvalue weighted by molar-refractivity contribution is 14.0. The minimum Gasteiger partial charge on any atom is -0.490 e. The first-order valence-corrected chi connectivity index (χ1v) is 11.3. The average molecular weight is 507 g/mol. The van der Waals surface area contributed by atoms with Crippen molar-refractivity contribution in [3.63, 3.8) is 0 Å². The normalized spacial score (nSPS) is 22.7. The lowest BCUT2D eigenvalue weighted by Crippen LogP contribution is -2.43. The second-order valence-electron chi connectivity index (χ2n) is 7.19. The van der Waals surface area contributed by atoms with E-state index in [-0.39, 0.29) is 41.5 Å². The van der Waals surface area contributed by atoms with E-state index in [2.05, 4.69) is 27.8 Å². The van der Waals surface area contributed by atoms with Crippen molar-refractivity contribution >= 4 is 39.8 Å². The molecule has 3 rings (SSSR count). The molecule has 2 aliphatic rings. The number of halogens is 1. The van der Waals surface area contributed by atoms with E-state index in [1.807, 2.05) is 12.1 Å². The van der Waals surface area contributed by atoms with Crippen LogP contribution < -0.4 is 15.4 Å². The predicted molar refractivity (Wildman–Crippen MR) is 120 cm³/mol. The summed E-state index contributed by atoms with van der Waals surface area (Å²) in [6.45, 7) is 0.628. The van der Waals surface area contributed by atoms with E-state index in [9.17, 15) is 8.42 Å². The van der Waals surface area contributed by atoms with Crippen LogP contribution in [0.3, 0.4) is 0 Å². The minimum absolute atomic E-state index is 0. The number of aliphatic imine (C=N–C) groups is 1. The third kappa shape index (κ3) is 7.14. The van der Waals surface area contributed by atoms with E-state index in [0.717, 1.165) is 24.2 Å². The Kier molecular flexibility index (Phi) is 8.65. The number of ether oxygens (including phenoxy) is 1. The molecule has 0 bridgehead atoms. The Morgan fingerprint density at radius 2 is 1.85 bits per heavy atom. The Labute approximate surface area is 179 Å². The number of rotatable bonds is 5. The van der Waals surface area contributed by atoms with E-state index >= 15 is 0 Å². The maximum Gasteiger partial charge on any atom is 0.191 e. The largest absolute Gasteiger partial charge is 0.490 e. The van der Waals surface area contributed by atoms with Crippen molar-refractivity contribution in [3.05, 3.63) is 29.8 Å². The molecule has 0 aromatic heterocycles. The molecule has 1 aliphatic carbocycles. The van der Waals surface area contributed by atoms with Gasteiger partial charge in [-0.1, -0.05) is 18.6 Å². The van der Waals surface area contributed by atoms with Gasteiger partial charge in [-0.15, -0.1) is 24.0 Å². The van der Waals surface area contributed by atoms with Gasteiger partial charge in [0, 0.05) is 19.6 Å². The van der Waals surface area contributed by atoms with Crippen molar-refractivity contribution in [2.24, 2.45) is 4.99 Å². The molecule has 1 aromatic rings. The van der Waals surface area contributed by atoms with Gasteiger partial charge in [-0.2, -0.15) is 0 Å². The first-order valence-electron chi connectivity index (χ1n) is 9.47. The number of sulfone groups is 1. The second kappa shape index (κ2) is 10.5. The van der Waals surface area contributed by atoms with Crippen LogP contribution in [-0.4, -0.2) is 45.1 Å². The molecule has 2 fully saturated rings. The van der Waals surface area contributed by atoms with Crippen LogP contribution in [0.5, 0.6) is 5.75 Å². The van der Waals surface area contributed by atoms with Crippen molar-refractivity contribution in [1.29, 1.82) is 0 Å². The monoisotopic (exact) mass is 507 g/mol. The Hall–Kier alpha value is -1.03. The van der Waals surface area contributed by atoms with Crippen LogP contribution in [0.1, 0.15) is 44.1 Å². The molecule has 27 heavy (non-hydrogen) atoms. The first kappa shape index (κ1) is 22.3. The van der Waals surface area contributed by atoms with Crippen LogP contribution in [0, 0.1) is 0 Å². The van der Waals surface area contributed by atoms with Crippen LogP contribution in [0.2, 0.25) is 0 Å². The van der Waals surface area contributed by atoms with Gasteiger partial charge in [-0.25, -0.2) is 8.42 Å². The Morgan fingerprint density at radius 1 is 1.15 bits per heavy atom. The van der Waals surface area contributed by atoms with Crippen molar-refractivity contribution in [3.8, 4) is 5.75 Å². The van der Waals surface area contributed by atoms with Gasteiger partial charge in [0.05, 0.1) is 17.6 Å². The first-order chi connectivity index (χ1) is 12.5. The SMILES string of the molecule is CN=C(NCc1ccc(OC2CCCCC2)cc1)NC1CCS(=O)(=O)C1.I. The Bertz CT molecular complexity index is 716. The predicted octanol–water partition coefficient (Wildman–Crippen LogP) is 2.87. The highest BCUT2D eigenvalue weighted by Crippen LogP contribution is 2.23. The lowest BCUT2D eigenvalue weighted by Gasteiger charge is -2.23. The van der Waals surface area contributed by atoms with Crippen LogP contribution in [0.4, 0.5) is 0 Å². The molecule has 1 aromatic carbocycles. The Balaban J connectivity index is 0.00000261. The van der Waals surface area contributed by atoms with E-state index in [0.29, 0.717) is 25.0 Å². The number of nitrogens with zero attached hydrogens (tertiary/aromatic N) is 1. The summed E-state index contributed by atoms with van der Waals surface area (Å²) < 4.78 is 29.2. The molecule has 0 spiro atoms. The molecule has 1 saturated heterocycles. The fourth-order valence-corrected chi connectivity index (χ4v) is 5.22. The summed E-state index contributed by atoms with van der Waals surface area (Å²) in [6.07, 6.45) is 7.16. The van der Waals surface area contributed by atoms with Crippen molar-refractivity contribution in [1.82, 2.24) is 10.6 Å². The molecule has 8 heteroatoms. The van der Waals surface area contributed by atoms with Gasteiger partial charge in [0.2, 0.25) is 0 Å². The molecule has 1 atom stereocenters. The van der Waals surface area contributed by atoms with Gasteiger partial charge in [-0.05, 0) is 49.8 Å². The van der Waals surface area contributed by atoms with Gasteiger partial charge < -0.3 is 15.4 Å². The maximum atomic E-state index is 11.6. The summed E-state index contributed by atoms with van der Waals surface area (Å²) in [5.74, 6) is 2.00. The molecule has 6 nitrogen and oxygen atoms in total. The van der Waals surface area contributed by atoms with Gasteiger partial charge in [0.25, 0.3) is 0 Å². The van der Waals surface area contributed by atoms with E-state index in [1.165, 1.54) is 19.3 Å². The van der Waals surface area contributed by atoms with Crippen molar-refractivity contribution < 1.29 is 13.2 Å². The summed E-state index contributed by atoms with van der Waals surface area (Å²) >= 11 is 0. The summed E-state index contributed by atoms with van der Waals surface area (Å²) in [6, 6.07) is 8.09. The Morgan fingerprint density at radius 3 is 2.44 bits per heavy atom. The molecular weight excluding hydrogens is 477 g/mol. The van der Waals surface area contributed by atoms with Gasteiger partial charge >= 0.3 is 0 Å². The standard InChI is InChI=1S/C19H29N3O3S.HI/c1-20-19(22-16-11-12-26(23,24)14-16)21-13-15-7-9-18(10-8-15)25-17-5-3-2-4-6-17;/h7-10,16-17H,2-6,11-14H2,1H3,(H2,20,21,22);1H. The third-order valence-electron chi connectivity index (χ3n) is 5.04. The molecular formula is C19H30IN3O3S. The summed E-state index contributed by atoms with van der Waals surface area (Å²) in [7, 11) is -1.20. The topological polar surface area (TPSA) is 79.8 Å². The zero-order chi connectivity index (χ0) is 18.4. The van der Waals surface area contributed by atoms with Gasteiger partial charge in [0.1, 0.15) is 5.75 Å². The van der Waals surface area contributed by atoms with Crippen LogP contribution in [-0.2, 0) is 16.4 Å². The quantitative estimate of drug-likeness (QED) is 0.364. The number of hydrogen-bond donors (Lipinski definition) is 2. The molecule has 1 saturated carbocycles. The van der Waals surface area contributed by atoms with E-state index in [1.54, 1.807) is 7.05 Å². The van der Waals surface area contributed by atoms with Crippen molar-refractivity contribution in [2.75, 3.05) is 18.6 Å². The molecule has 2 N–H and O–H groups in total. The number of guanidine groups is 1. The van der Waals surface area contributed by atoms with Gasteiger partial charge in [0.15, 0.2) is 15.8 Å². The lowest BCUT2D eigenvalue weighted by atomic mass is 9.98. The van der Waals surface area contributed by atoms with E-state index < -0.39 is 9.84 Å². The molecule has 0 amide bonds. The fourth-order valence-electron chi connectivity index (χ4n) is 3.54. The summed E-state index contributed by atoms with van der Waals surface area (Å²) in [5.41, 5.74) is 1.13. The van der Waals surface area contributed by atoms with Crippen LogP contribution >= 0.6 is 24.0 Å². The molecule has 152 valence electrons. The van der Waals surface area contributed by atoms with E-state index in [4.69, 9.17) is 4.74 Å². The highest BCUT2D eigenvalue weighted by Gasteiger charge is 2.28. The summed E-state index contributed by atoms with van der Waals surface area (Å²) in [4.78, 5) is 4.18. The highest BCUT2D eigenvalue weighted by atomic mass is 127. The van der Waals surface area contributed by atoms with Crippen LogP contribution in [0.25, 0.3) is 0 Å². The smallest absolute Gasteiger partial charge is 0.191 e. The lowest BCUT2D eigenvalue weighted by molar-refractivity contribution is 0.155. The second-order valence-corrected chi connectivity index (χ2v) is 9.42. The molecule has 1 heterocycles. The molecule has 1 aliphatic heterocycles.